The lowest BCUT2D eigenvalue weighted by molar-refractivity contribution is -0.122. The summed E-state index contributed by atoms with van der Waals surface area (Å²) in [4.78, 5) is 11.7. The second-order valence-corrected chi connectivity index (χ2v) is 6.95. The lowest BCUT2D eigenvalue weighted by Crippen LogP contribution is -2.58. The van der Waals surface area contributed by atoms with Gasteiger partial charge in [0.25, 0.3) is 0 Å². The van der Waals surface area contributed by atoms with Gasteiger partial charge >= 0.3 is 0 Å². The number of hydrogen-bond donors (Lipinski definition) is 2. The van der Waals surface area contributed by atoms with Crippen LogP contribution in [0.2, 0.25) is 0 Å². The van der Waals surface area contributed by atoms with Crippen molar-refractivity contribution in [3.05, 3.63) is 29.3 Å². The Morgan fingerprint density at radius 2 is 1.90 bits per heavy atom. The van der Waals surface area contributed by atoms with Crippen LogP contribution in [0.1, 0.15) is 11.1 Å². The van der Waals surface area contributed by atoms with Gasteiger partial charge in [-0.25, -0.2) is 8.42 Å². The Morgan fingerprint density at radius 1 is 1.30 bits per heavy atom. The molecule has 1 aliphatic heterocycles. The number of piperazine rings is 1. The summed E-state index contributed by atoms with van der Waals surface area (Å²) in [5.41, 5.74) is 7.05. The van der Waals surface area contributed by atoms with Crippen LogP contribution in [-0.2, 0) is 14.8 Å². The summed E-state index contributed by atoms with van der Waals surface area (Å²) in [7, 11) is -3.71. The molecule has 2 rings (SSSR count). The van der Waals surface area contributed by atoms with Crippen LogP contribution < -0.4 is 11.1 Å². The molecule has 1 aliphatic rings. The first-order valence-electron chi connectivity index (χ1n) is 6.42. The van der Waals surface area contributed by atoms with E-state index in [0.29, 0.717) is 6.54 Å². The van der Waals surface area contributed by atoms with Crippen molar-refractivity contribution in [1.82, 2.24) is 9.62 Å². The molecule has 1 unspecified atom stereocenters. The Balaban J connectivity index is 2.44. The van der Waals surface area contributed by atoms with Crippen molar-refractivity contribution in [1.29, 1.82) is 0 Å². The van der Waals surface area contributed by atoms with Crippen LogP contribution >= 0.6 is 0 Å². The molecule has 1 heterocycles. The monoisotopic (exact) mass is 297 g/mol. The highest BCUT2D eigenvalue weighted by Crippen LogP contribution is 2.21. The van der Waals surface area contributed by atoms with Gasteiger partial charge in [-0.15, -0.1) is 0 Å². The summed E-state index contributed by atoms with van der Waals surface area (Å²) in [5.74, 6) is -0.634. The topological polar surface area (TPSA) is 92.5 Å². The van der Waals surface area contributed by atoms with Gasteiger partial charge in [-0.2, -0.15) is 4.31 Å². The Bertz CT molecular complexity index is 607. The molecule has 0 radical (unpaired) electrons. The van der Waals surface area contributed by atoms with E-state index in [-0.39, 0.29) is 18.0 Å². The molecule has 1 atom stereocenters. The number of nitrogens with zero attached hydrogens (tertiary/aromatic N) is 1. The van der Waals surface area contributed by atoms with E-state index in [1.54, 1.807) is 12.1 Å². The van der Waals surface area contributed by atoms with Gasteiger partial charge in [0, 0.05) is 19.6 Å². The summed E-state index contributed by atoms with van der Waals surface area (Å²) in [6.07, 6.45) is 0. The molecule has 1 aromatic rings. The predicted octanol–water partition coefficient (Wildman–Crippen LogP) is -0.249. The number of primary amides is 1. The average molecular weight is 297 g/mol. The van der Waals surface area contributed by atoms with E-state index < -0.39 is 22.0 Å². The van der Waals surface area contributed by atoms with Crippen molar-refractivity contribution in [2.75, 3.05) is 19.6 Å². The lowest BCUT2D eigenvalue weighted by atomic mass is 10.2. The molecule has 1 saturated heterocycles. The van der Waals surface area contributed by atoms with E-state index in [2.05, 4.69) is 5.32 Å². The minimum absolute atomic E-state index is 0.211. The molecule has 1 aromatic carbocycles. The van der Waals surface area contributed by atoms with Crippen molar-refractivity contribution in [3.63, 3.8) is 0 Å². The molecule has 1 amide bonds. The largest absolute Gasteiger partial charge is 0.368 e. The van der Waals surface area contributed by atoms with Crippen LogP contribution in [0.25, 0.3) is 0 Å². The summed E-state index contributed by atoms with van der Waals surface area (Å²) in [5, 5.41) is 2.99. The highest BCUT2D eigenvalue weighted by Gasteiger charge is 2.36. The first-order valence-corrected chi connectivity index (χ1v) is 7.86. The zero-order valence-corrected chi connectivity index (χ0v) is 12.4. The second kappa shape index (κ2) is 5.51. The molecular formula is C13H19N3O3S. The van der Waals surface area contributed by atoms with Crippen LogP contribution in [0.15, 0.2) is 23.1 Å². The highest BCUT2D eigenvalue weighted by atomic mass is 32.2. The van der Waals surface area contributed by atoms with Gasteiger partial charge in [0.2, 0.25) is 15.9 Å². The number of carbonyl (C=O) groups is 1. The predicted molar refractivity (Wildman–Crippen MR) is 75.7 cm³/mol. The molecule has 0 spiro atoms. The molecule has 0 aromatic heterocycles. The molecule has 0 bridgehead atoms. The fourth-order valence-electron chi connectivity index (χ4n) is 2.43. The van der Waals surface area contributed by atoms with Crippen LogP contribution in [0, 0.1) is 13.8 Å². The SMILES string of the molecule is Cc1cc(C)cc(S(=O)(=O)N2CCNCC2C(N)=O)c1. The minimum Gasteiger partial charge on any atom is -0.368 e. The number of benzene rings is 1. The van der Waals surface area contributed by atoms with Gasteiger partial charge in [-0.05, 0) is 37.1 Å². The van der Waals surface area contributed by atoms with Crippen molar-refractivity contribution >= 4 is 15.9 Å². The molecule has 6 nitrogen and oxygen atoms in total. The quantitative estimate of drug-likeness (QED) is 0.805. The molecule has 1 fully saturated rings. The Labute approximate surface area is 119 Å². The maximum atomic E-state index is 12.7. The fraction of sp³-hybridized carbons (Fsp3) is 0.462. The smallest absolute Gasteiger partial charge is 0.243 e. The fourth-order valence-corrected chi connectivity index (χ4v) is 4.22. The van der Waals surface area contributed by atoms with Crippen LogP contribution in [-0.4, -0.2) is 44.3 Å². The number of nitrogens with one attached hydrogen (secondary N) is 1. The normalized spacial score (nSPS) is 20.8. The number of carbonyl (C=O) groups excluding carboxylic acids is 1. The number of rotatable bonds is 3. The van der Waals surface area contributed by atoms with E-state index in [1.807, 2.05) is 19.9 Å². The second-order valence-electron chi connectivity index (χ2n) is 5.06. The third-order valence-corrected chi connectivity index (χ3v) is 5.21. The van der Waals surface area contributed by atoms with Gasteiger partial charge in [-0.1, -0.05) is 6.07 Å². The van der Waals surface area contributed by atoms with Crippen molar-refractivity contribution < 1.29 is 13.2 Å². The van der Waals surface area contributed by atoms with Crippen LogP contribution in [0.3, 0.4) is 0 Å². The Morgan fingerprint density at radius 3 is 2.45 bits per heavy atom. The number of nitrogens with two attached hydrogens (primary N) is 1. The summed E-state index contributed by atoms with van der Waals surface area (Å²) < 4.78 is 26.6. The van der Waals surface area contributed by atoms with E-state index in [1.165, 1.54) is 4.31 Å². The van der Waals surface area contributed by atoms with Crippen LogP contribution in [0.4, 0.5) is 0 Å². The summed E-state index contributed by atoms with van der Waals surface area (Å²) in [6.45, 7) is 4.68. The number of amides is 1. The molecular weight excluding hydrogens is 278 g/mol. The van der Waals surface area contributed by atoms with E-state index in [4.69, 9.17) is 5.73 Å². The number of aryl methyl sites for hydroxylation is 2. The van der Waals surface area contributed by atoms with Gasteiger partial charge in [0.1, 0.15) is 6.04 Å². The maximum absolute atomic E-state index is 12.7. The molecule has 0 aliphatic carbocycles. The highest BCUT2D eigenvalue weighted by molar-refractivity contribution is 7.89. The average Bonchev–Trinajstić information content (AvgIpc) is 2.37. The lowest BCUT2D eigenvalue weighted by Gasteiger charge is -2.33. The third-order valence-electron chi connectivity index (χ3n) is 3.32. The summed E-state index contributed by atoms with van der Waals surface area (Å²) >= 11 is 0. The zero-order valence-electron chi connectivity index (χ0n) is 11.6. The maximum Gasteiger partial charge on any atom is 0.243 e. The molecule has 0 saturated carbocycles. The minimum atomic E-state index is -3.71. The van der Waals surface area contributed by atoms with E-state index >= 15 is 0 Å². The Kier molecular flexibility index (Phi) is 4.12. The van der Waals surface area contributed by atoms with E-state index in [0.717, 1.165) is 11.1 Å². The van der Waals surface area contributed by atoms with Gasteiger partial charge in [-0.3, -0.25) is 4.79 Å². The van der Waals surface area contributed by atoms with Crippen molar-refractivity contribution in [2.24, 2.45) is 5.73 Å². The number of sulfonamides is 1. The molecule has 20 heavy (non-hydrogen) atoms. The van der Waals surface area contributed by atoms with Gasteiger partial charge in [0.15, 0.2) is 0 Å². The molecule has 3 N–H and O–H groups in total. The van der Waals surface area contributed by atoms with Crippen LogP contribution in [0.5, 0.6) is 0 Å². The first-order chi connectivity index (χ1) is 9.32. The van der Waals surface area contributed by atoms with Crippen molar-refractivity contribution in [3.8, 4) is 0 Å². The first kappa shape index (κ1) is 15.0. The zero-order chi connectivity index (χ0) is 14.9. The van der Waals surface area contributed by atoms with Crippen molar-refractivity contribution in [2.45, 2.75) is 24.8 Å². The molecule has 7 heteroatoms. The molecule has 110 valence electrons. The summed E-state index contributed by atoms with van der Waals surface area (Å²) in [6, 6.07) is 4.29. The number of hydrogen-bond acceptors (Lipinski definition) is 4. The standard InChI is InChI=1S/C13H19N3O3S/c1-9-5-10(2)7-11(6-9)20(18,19)16-4-3-15-8-12(16)13(14)17/h5-7,12,15H,3-4,8H2,1-2H3,(H2,14,17). The van der Waals surface area contributed by atoms with E-state index in [9.17, 15) is 13.2 Å². The van der Waals surface area contributed by atoms with Gasteiger partial charge in [0.05, 0.1) is 4.90 Å². The Hall–Kier alpha value is -1.44. The van der Waals surface area contributed by atoms with Gasteiger partial charge < -0.3 is 11.1 Å². The third kappa shape index (κ3) is 2.84.